The third-order valence-corrected chi connectivity index (χ3v) is 6.96. The minimum absolute atomic E-state index is 0.0913. The van der Waals surface area contributed by atoms with Crippen molar-refractivity contribution in [1.82, 2.24) is 5.32 Å². The molecule has 1 amide bonds. The predicted octanol–water partition coefficient (Wildman–Crippen LogP) is 5.07. The number of carbonyl (C=O) groups is 1. The van der Waals surface area contributed by atoms with E-state index >= 15 is 0 Å². The zero-order chi connectivity index (χ0) is 23.3. The molecule has 32 heavy (non-hydrogen) atoms. The van der Waals surface area contributed by atoms with E-state index in [1.54, 1.807) is 60.7 Å². The van der Waals surface area contributed by atoms with E-state index in [1.165, 1.54) is 16.4 Å². The second-order valence-corrected chi connectivity index (χ2v) is 9.83. The van der Waals surface area contributed by atoms with Crippen molar-refractivity contribution in [2.45, 2.75) is 24.8 Å². The summed E-state index contributed by atoms with van der Waals surface area (Å²) in [5, 5.41) is 6.08. The quantitative estimate of drug-likeness (QED) is 0.474. The molecule has 0 aromatic heterocycles. The molecule has 0 bridgehead atoms. The van der Waals surface area contributed by atoms with Crippen molar-refractivity contribution in [3.8, 4) is 0 Å². The fourth-order valence-corrected chi connectivity index (χ4v) is 5.05. The van der Waals surface area contributed by atoms with Gasteiger partial charge in [0.05, 0.1) is 10.6 Å². The van der Waals surface area contributed by atoms with Gasteiger partial charge in [0.25, 0.3) is 15.9 Å². The van der Waals surface area contributed by atoms with Gasteiger partial charge in [-0.05, 0) is 86.7 Å². The summed E-state index contributed by atoms with van der Waals surface area (Å²) in [6.45, 7) is 3.64. The summed E-state index contributed by atoms with van der Waals surface area (Å²) in [6.07, 6.45) is 0. The van der Waals surface area contributed by atoms with E-state index in [0.29, 0.717) is 22.0 Å². The van der Waals surface area contributed by atoms with Crippen molar-refractivity contribution in [2.24, 2.45) is 0 Å². The Morgan fingerprint density at radius 3 is 2.09 bits per heavy atom. The summed E-state index contributed by atoms with van der Waals surface area (Å²) >= 11 is 11.0. The fourth-order valence-electron chi connectivity index (χ4n) is 3.05. The third kappa shape index (κ3) is 5.64. The van der Waals surface area contributed by atoms with Crippen LogP contribution in [0.2, 0.25) is 5.02 Å². The number of nitrogens with zero attached hydrogens (tertiary/aromatic N) is 1. The van der Waals surface area contributed by atoms with E-state index in [1.807, 2.05) is 19.9 Å². The molecule has 0 aliphatic heterocycles. The van der Waals surface area contributed by atoms with Crippen LogP contribution < -0.4 is 14.9 Å². The Bertz CT molecular complexity index is 1200. The minimum atomic E-state index is -3.76. The number of benzene rings is 3. The lowest BCUT2D eigenvalue weighted by Gasteiger charge is -2.28. The third-order valence-electron chi connectivity index (χ3n) is 4.48. The van der Waals surface area contributed by atoms with Gasteiger partial charge in [-0.25, -0.2) is 8.42 Å². The van der Waals surface area contributed by atoms with Gasteiger partial charge in [-0.1, -0.05) is 29.8 Å². The highest BCUT2D eigenvalue weighted by molar-refractivity contribution is 7.92. The van der Waals surface area contributed by atoms with Crippen molar-refractivity contribution in [3.05, 3.63) is 89.4 Å². The zero-order valence-corrected chi connectivity index (χ0v) is 19.8. The van der Waals surface area contributed by atoms with Crippen LogP contribution in [-0.2, 0) is 10.0 Å². The standard InChI is InChI=1S/C23H22ClN3O3S2/c1-16(2)27(20-6-4-3-5-7-20)32(29,30)21-14-12-19(13-15-21)25-23(31)26-22(28)17-8-10-18(24)11-9-17/h3-16H,1-2H3,(H2,25,26,28,31). The predicted molar refractivity (Wildman–Crippen MR) is 133 cm³/mol. The average molecular weight is 488 g/mol. The van der Waals surface area contributed by atoms with Gasteiger partial charge in [-0.2, -0.15) is 0 Å². The van der Waals surface area contributed by atoms with Crippen LogP contribution in [0.3, 0.4) is 0 Å². The van der Waals surface area contributed by atoms with Crippen molar-refractivity contribution in [3.63, 3.8) is 0 Å². The molecule has 6 nitrogen and oxygen atoms in total. The summed E-state index contributed by atoms with van der Waals surface area (Å²) in [5.41, 5.74) is 1.55. The number of halogens is 1. The molecule has 0 unspecified atom stereocenters. The number of amides is 1. The second kappa shape index (κ2) is 10.1. The molecule has 0 fully saturated rings. The topological polar surface area (TPSA) is 78.5 Å². The Morgan fingerprint density at radius 1 is 0.938 bits per heavy atom. The highest BCUT2D eigenvalue weighted by Gasteiger charge is 2.27. The van der Waals surface area contributed by atoms with Gasteiger partial charge >= 0.3 is 0 Å². The average Bonchev–Trinajstić information content (AvgIpc) is 2.75. The van der Waals surface area contributed by atoms with Crippen LogP contribution in [0, 0.1) is 0 Å². The summed E-state index contributed by atoms with van der Waals surface area (Å²) in [4.78, 5) is 12.4. The SMILES string of the molecule is CC(C)N(c1ccccc1)S(=O)(=O)c1ccc(NC(=S)NC(=O)c2ccc(Cl)cc2)cc1. The molecule has 0 radical (unpaired) electrons. The number of anilines is 2. The van der Waals surface area contributed by atoms with Crippen molar-refractivity contribution in [1.29, 1.82) is 0 Å². The highest BCUT2D eigenvalue weighted by atomic mass is 35.5. The van der Waals surface area contributed by atoms with Crippen LogP contribution >= 0.6 is 23.8 Å². The number of para-hydroxylation sites is 1. The molecule has 0 aliphatic carbocycles. The van der Waals surface area contributed by atoms with E-state index in [2.05, 4.69) is 10.6 Å². The van der Waals surface area contributed by atoms with Gasteiger partial charge in [0.1, 0.15) is 0 Å². The maximum Gasteiger partial charge on any atom is 0.264 e. The van der Waals surface area contributed by atoms with Crippen LogP contribution in [0.5, 0.6) is 0 Å². The number of sulfonamides is 1. The largest absolute Gasteiger partial charge is 0.332 e. The first-order valence-electron chi connectivity index (χ1n) is 9.76. The van der Waals surface area contributed by atoms with E-state index in [0.717, 1.165) is 0 Å². The maximum absolute atomic E-state index is 13.2. The van der Waals surface area contributed by atoms with Gasteiger partial charge in [-0.15, -0.1) is 0 Å². The number of rotatable bonds is 6. The molecule has 0 spiro atoms. The van der Waals surface area contributed by atoms with Crippen molar-refractivity contribution < 1.29 is 13.2 Å². The number of hydrogen-bond donors (Lipinski definition) is 2. The molecular weight excluding hydrogens is 466 g/mol. The normalized spacial score (nSPS) is 11.1. The Labute approximate surface area is 198 Å². The number of nitrogens with one attached hydrogen (secondary N) is 2. The van der Waals surface area contributed by atoms with Crippen LogP contribution in [-0.4, -0.2) is 25.5 Å². The number of hydrogen-bond acceptors (Lipinski definition) is 4. The molecule has 9 heteroatoms. The number of thiocarbonyl (C=S) groups is 1. The zero-order valence-electron chi connectivity index (χ0n) is 17.4. The first-order valence-corrected chi connectivity index (χ1v) is 12.0. The minimum Gasteiger partial charge on any atom is -0.332 e. The summed E-state index contributed by atoms with van der Waals surface area (Å²) < 4.78 is 27.9. The molecule has 2 N–H and O–H groups in total. The molecule has 3 aromatic rings. The Hall–Kier alpha value is -2.94. The Morgan fingerprint density at radius 2 is 1.53 bits per heavy atom. The van der Waals surface area contributed by atoms with E-state index in [9.17, 15) is 13.2 Å². The van der Waals surface area contributed by atoms with E-state index in [4.69, 9.17) is 23.8 Å². The first kappa shape index (κ1) is 23.7. The molecule has 0 aliphatic rings. The van der Waals surface area contributed by atoms with Crippen LogP contribution in [0.15, 0.2) is 83.8 Å². The van der Waals surface area contributed by atoms with Crippen LogP contribution in [0.1, 0.15) is 24.2 Å². The lowest BCUT2D eigenvalue weighted by molar-refractivity contribution is 0.0977. The summed E-state index contributed by atoms with van der Waals surface area (Å²) in [5.74, 6) is -0.381. The lowest BCUT2D eigenvalue weighted by Crippen LogP contribution is -2.37. The molecule has 166 valence electrons. The van der Waals surface area contributed by atoms with Gasteiger partial charge in [0, 0.05) is 22.3 Å². The molecule has 0 saturated carbocycles. The van der Waals surface area contributed by atoms with E-state index in [-0.39, 0.29) is 22.0 Å². The summed E-state index contributed by atoms with van der Waals surface area (Å²) in [6, 6.07) is 21.3. The van der Waals surface area contributed by atoms with Crippen LogP contribution in [0.25, 0.3) is 0 Å². The van der Waals surface area contributed by atoms with Gasteiger partial charge in [0.15, 0.2) is 5.11 Å². The Balaban J connectivity index is 1.71. The van der Waals surface area contributed by atoms with Gasteiger partial charge in [0.2, 0.25) is 0 Å². The summed E-state index contributed by atoms with van der Waals surface area (Å²) in [7, 11) is -3.76. The van der Waals surface area contributed by atoms with Crippen molar-refractivity contribution in [2.75, 3.05) is 9.62 Å². The Kier molecular flexibility index (Phi) is 7.50. The lowest BCUT2D eigenvalue weighted by atomic mass is 10.2. The second-order valence-electron chi connectivity index (χ2n) is 7.17. The first-order chi connectivity index (χ1) is 15.2. The highest BCUT2D eigenvalue weighted by Crippen LogP contribution is 2.26. The molecule has 0 saturated heterocycles. The molecule has 0 heterocycles. The van der Waals surface area contributed by atoms with Gasteiger partial charge < -0.3 is 5.32 Å². The van der Waals surface area contributed by atoms with E-state index < -0.39 is 10.0 Å². The molecule has 3 aromatic carbocycles. The van der Waals surface area contributed by atoms with Crippen molar-refractivity contribution >= 4 is 56.2 Å². The van der Waals surface area contributed by atoms with Gasteiger partial charge in [-0.3, -0.25) is 14.4 Å². The molecular formula is C23H22ClN3O3S2. The number of carbonyl (C=O) groups excluding carboxylic acids is 1. The smallest absolute Gasteiger partial charge is 0.264 e. The van der Waals surface area contributed by atoms with Crippen LogP contribution in [0.4, 0.5) is 11.4 Å². The molecule has 0 atom stereocenters. The fraction of sp³-hybridized carbons (Fsp3) is 0.130. The monoisotopic (exact) mass is 487 g/mol. The molecule has 3 rings (SSSR count). The maximum atomic E-state index is 13.2.